The van der Waals surface area contributed by atoms with Crippen molar-refractivity contribution in [2.75, 3.05) is 68.4 Å². The number of carbonyl (C=O) groups is 2. The first-order valence-corrected chi connectivity index (χ1v) is 17.4. The van der Waals surface area contributed by atoms with Gasteiger partial charge in [-0.2, -0.15) is 13.2 Å². The second-order valence-corrected chi connectivity index (χ2v) is 13.2. The number of benzene rings is 2. The standard InChI is InChI=1S/C38H40F3N9O2/c1-4-48-15-17-49(18-16-48)23-27-9-10-28(20-30(27)38(39,40)41)45-37(52)50-14-12-25-7-5-24(19-32(25)50)6-8-26-22-44-36(42-2)46-34(26)33-21-29-31(47(33)3)11-13-43-35(29)51/h5,7,9-10,19-22H,4,11-18,23H2,1-3H3,(H,43,51)(H,45,52)(H,42,44,46). The Morgan fingerprint density at radius 1 is 1.00 bits per heavy atom. The summed E-state index contributed by atoms with van der Waals surface area (Å²) in [5.41, 5.74) is 5.14. The van der Waals surface area contributed by atoms with Gasteiger partial charge in [-0.25, -0.2) is 14.8 Å². The van der Waals surface area contributed by atoms with Crippen LogP contribution in [0.25, 0.3) is 11.4 Å². The first-order valence-electron chi connectivity index (χ1n) is 17.4. The molecule has 3 aliphatic rings. The van der Waals surface area contributed by atoms with Gasteiger partial charge in [0.1, 0.15) is 5.69 Å². The summed E-state index contributed by atoms with van der Waals surface area (Å²) < 4.78 is 44.7. The molecule has 3 N–H and O–H groups in total. The molecule has 0 radical (unpaired) electrons. The molecule has 5 heterocycles. The van der Waals surface area contributed by atoms with Crippen molar-refractivity contribution < 1.29 is 22.8 Å². The van der Waals surface area contributed by atoms with Crippen LogP contribution in [0.4, 0.5) is 35.3 Å². The smallest absolute Gasteiger partial charge is 0.357 e. The van der Waals surface area contributed by atoms with Crippen molar-refractivity contribution in [1.82, 2.24) is 29.7 Å². The number of halogens is 3. The van der Waals surface area contributed by atoms with Gasteiger partial charge in [-0.05, 0) is 54.4 Å². The molecule has 0 unspecified atom stereocenters. The van der Waals surface area contributed by atoms with E-state index in [4.69, 9.17) is 0 Å². The minimum absolute atomic E-state index is 0.0821. The lowest BCUT2D eigenvalue weighted by molar-refractivity contribution is -0.138. The first-order chi connectivity index (χ1) is 25.0. The number of carbonyl (C=O) groups excluding carboxylic acids is 2. The number of amides is 3. The average molecular weight is 712 g/mol. The molecule has 0 atom stereocenters. The molecule has 14 heteroatoms. The largest absolute Gasteiger partial charge is 0.416 e. The molecule has 11 nitrogen and oxygen atoms in total. The van der Waals surface area contributed by atoms with Crippen molar-refractivity contribution in [3.63, 3.8) is 0 Å². The number of alkyl halides is 3. The molecule has 3 amide bonds. The number of hydrogen-bond acceptors (Lipinski definition) is 7. The van der Waals surface area contributed by atoms with Crippen molar-refractivity contribution in [3.05, 3.63) is 87.7 Å². The van der Waals surface area contributed by atoms with Crippen LogP contribution in [-0.2, 0) is 32.6 Å². The molecule has 3 aliphatic heterocycles. The summed E-state index contributed by atoms with van der Waals surface area (Å²) in [6.45, 7) is 7.20. The zero-order valence-electron chi connectivity index (χ0n) is 29.3. The highest BCUT2D eigenvalue weighted by Crippen LogP contribution is 2.36. The summed E-state index contributed by atoms with van der Waals surface area (Å²) in [5.74, 6) is 6.65. The maximum Gasteiger partial charge on any atom is 0.416 e. The number of nitrogens with one attached hydrogen (secondary N) is 3. The Bertz CT molecular complexity index is 2090. The number of rotatable bonds is 6. The van der Waals surface area contributed by atoms with Crippen LogP contribution in [-0.4, -0.2) is 89.1 Å². The van der Waals surface area contributed by atoms with E-state index in [0.717, 1.165) is 42.7 Å². The topological polar surface area (TPSA) is 111 Å². The minimum atomic E-state index is -4.57. The van der Waals surface area contributed by atoms with Crippen LogP contribution in [0.5, 0.6) is 0 Å². The van der Waals surface area contributed by atoms with Gasteiger partial charge in [0.05, 0.1) is 22.4 Å². The number of aromatic nitrogens is 3. The molecule has 0 spiro atoms. The summed E-state index contributed by atoms with van der Waals surface area (Å²) in [6, 6.07) is 10.9. The van der Waals surface area contributed by atoms with Crippen molar-refractivity contribution in [3.8, 4) is 23.2 Å². The van der Waals surface area contributed by atoms with E-state index in [0.29, 0.717) is 73.0 Å². The number of fused-ring (bicyclic) bond motifs is 2. The number of likely N-dealkylation sites (N-methyl/N-ethyl adjacent to an activating group) is 1. The molecule has 52 heavy (non-hydrogen) atoms. The SMILES string of the molecule is CCN1CCN(Cc2ccc(NC(=O)N3CCc4ccc(C#Cc5cnc(NC)nc5-c5cc6c(n5C)CCNC6=O)cc43)cc2C(F)(F)F)CC1. The maximum atomic E-state index is 14.2. The van der Waals surface area contributed by atoms with E-state index in [1.54, 1.807) is 13.2 Å². The zero-order valence-corrected chi connectivity index (χ0v) is 29.3. The monoisotopic (exact) mass is 711 g/mol. The summed E-state index contributed by atoms with van der Waals surface area (Å²) >= 11 is 0. The van der Waals surface area contributed by atoms with Gasteiger partial charge in [0, 0.05) is 95.2 Å². The van der Waals surface area contributed by atoms with Crippen LogP contribution < -0.4 is 20.9 Å². The van der Waals surface area contributed by atoms with E-state index < -0.39 is 17.8 Å². The third-order valence-corrected chi connectivity index (χ3v) is 10.0. The van der Waals surface area contributed by atoms with E-state index in [9.17, 15) is 22.8 Å². The van der Waals surface area contributed by atoms with Crippen molar-refractivity contribution >= 4 is 29.3 Å². The van der Waals surface area contributed by atoms with E-state index in [-0.39, 0.29) is 23.7 Å². The lowest BCUT2D eigenvalue weighted by Gasteiger charge is -2.34. The Hall–Kier alpha value is -5.39. The summed E-state index contributed by atoms with van der Waals surface area (Å²) in [7, 11) is 3.63. The van der Waals surface area contributed by atoms with Crippen molar-refractivity contribution in [2.24, 2.45) is 7.05 Å². The van der Waals surface area contributed by atoms with Gasteiger partial charge < -0.3 is 25.4 Å². The number of urea groups is 1. The van der Waals surface area contributed by atoms with Gasteiger partial charge in [-0.1, -0.05) is 30.9 Å². The first kappa shape index (κ1) is 35.0. The Kier molecular flexibility index (Phi) is 9.65. The third-order valence-electron chi connectivity index (χ3n) is 10.0. The number of hydrogen-bond donors (Lipinski definition) is 3. The second-order valence-electron chi connectivity index (χ2n) is 13.2. The minimum Gasteiger partial charge on any atom is -0.357 e. The molecule has 4 aromatic rings. The van der Waals surface area contributed by atoms with Gasteiger partial charge in [-0.15, -0.1) is 0 Å². The molecule has 1 saturated heterocycles. The summed E-state index contributed by atoms with van der Waals surface area (Å²) in [6.07, 6.45) is -1.63. The van der Waals surface area contributed by atoms with Gasteiger partial charge in [0.2, 0.25) is 5.95 Å². The van der Waals surface area contributed by atoms with Gasteiger partial charge in [0.25, 0.3) is 5.91 Å². The Balaban J connectivity index is 1.11. The zero-order chi connectivity index (χ0) is 36.6. The Morgan fingerprint density at radius 3 is 2.52 bits per heavy atom. The van der Waals surface area contributed by atoms with Crippen LogP contribution in [0.2, 0.25) is 0 Å². The fraction of sp³-hybridized carbons (Fsp3) is 0.368. The quantitative estimate of drug-likeness (QED) is 0.243. The molecular formula is C38H40F3N9O2. The summed E-state index contributed by atoms with van der Waals surface area (Å²) in [5, 5.41) is 8.54. The highest BCUT2D eigenvalue weighted by molar-refractivity contribution is 6.03. The molecule has 0 bridgehead atoms. The van der Waals surface area contributed by atoms with Crippen LogP contribution >= 0.6 is 0 Å². The van der Waals surface area contributed by atoms with Crippen LogP contribution in [0.15, 0.2) is 48.7 Å². The molecule has 2 aromatic carbocycles. The number of nitrogens with zero attached hydrogens (tertiary/aromatic N) is 6. The number of anilines is 3. The van der Waals surface area contributed by atoms with E-state index in [1.807, 2.05) is 40.8 Å². The summed E-state index contributed by atoms with van der Waals surface area (Å²) in [4.78, 5) is 41.0. The second kappa shape index (κ2) is 14.3. The molecule has 7 rings (SSSR count). The maximum absolute atomic E-state index is 14.2. The van der Waals surface area contributed by atoms with Gasteiger partial charge in [0.15, 0.2) is 0 Å². The van der Waals surface area contributed by atoms with E-state index in [1.165, 1.54) is 17.0 Å². The van der Waals surface area contributed by atoms with Gasteiger partial charge in [-0.3, -0.25) is 14.6 Å². The predicted molar refractivity (Wildman–Crippen MR) is 193 cm³/mol. The van der Waals surface area contributed by atoms with Gasteiger partial charge >= 0.3 is 12.2 Å². The fourth-order valence-corrected chi connectivity index (χ4v) is 7.11. The molecule has 2 aromatic heterocycles. The van der Waals surface area contributed by atoms with E-state index in [2.05, 4.69) is 49.6 Å². The van der Waals surface area contributed by atoms with Crippen molar-refractivity contribution in [1.29, 1.82) is 0 Å². The molecule has 270 valence electrons. The highest BCUT2D eigenvalue weighted by atomic mass is 19.4. The lowest BCUT2D eigenvalue weighted by atomic mass is 10.0. The van der Waals surface area contributed by atoms with Crippen LogP contribution in [0.3, 0.4) is 0 Å². The average Bonchev–Trinajstić information content (AvgIpc) is 3.72. The predicted octanol–water partition coefficient (Wildman–Crippen LogP) is 4.96. The lowest BCUT2D eigenvalue weighted by Crippen LogP contribution is -2.45. The molecule has 0 saturated carbocycles. The third kappa shape index (κ3) is 7.06. The normalized spacial score (nSPS) is 16.1. The van der Waals surface area contributed by atoms with Crippen LogP contribution in [0, 0.1) is 11.8 Å². The molecule has 0 aliphatic carbocycles. The fourth-order valence-electron chi connectivity index (χ4n) is 7.11. The number of piperazine rings is 1. The highest BCUT2D eigenvalue weighted by Gasteiger charge is 2.35. The molecule has 1 fully saturated rings. The van der Waals surface area contributed by atoms with E-state index >= 15 is 0 Å². The molecular weight excluding hydrogens is 671 g/mol. The Morgan fingerprint density at radius 2 is 1.79 bits per heavy atom. The Labute approximate surface area is 300 Å². The van der Waals surface area contributed by atoms with Crippen LogP contribution in [0.1, 0.15) is 50.8 Å². The van der Waals surface area contributed by atoms with Crippen molar-refractivity contribution in [2.45, 2.75) is 32.5 Å².